The van der Waals surface area contributed by atoms with Crippen LogP contribution in [0.5, 0.6) is 0 Å². The molecule has 0 aliphatic heterocycles. The lowest BCUT2D eigenvalue weighted by molar-refractivity contribution is 0.0523. The van der Waals surface area contributed by atoms with E-state index in [0.717, 1.165) is 10.7 Å². The molecule has 0 bridgehead atoms. The zero-order valence-electron chi connectivity index (χ0n) is 9.74. The van der Waals surface area contributed by atoms with Gasteiger partial charge in [0.05, 0.1) is 12.2 Å². The number of rotatable bonds is 3. The summed E-state index contributed by atoms with van der Waals surface area (Å²) in [5, 5.41) is 5.37. The van der Waals surface area contributed by atoms with Crippen LogP contribution >= 0.6 is 11.3 Å². The number of hydrogen-bond acceptors (Lipinski definition) is 5. The molecular formula is C10H17N3O2S. The fraction of sp³-hybridized carbons (Fsp3) is 0.600. The molecule has 0 saturated carbocycles. The van der Waals surface area contributed by atoms with Crippen LogP contribution in [0.1, 0.15) is 31.5 Å². The minimum Gasteiger partial charge on any atom is -0.444 e. The van der Waals surface area contributed by atoms with Crippen molar-refractivity contribution in [3.05, 3.63) is 16.1 Å². The van der Waals surface area contributed by atoms with Gasteiger partial charge in [-0.05, 0) is 20.8 Å². The molecule has 3 N–H and O–H groups in total. The van der Waals surface area contributed by atoms with Gasteiger partial charge in [-0.1, -0.05) is 0 Å². The number of aromatic nitrogens is 1. The molecule has 5 nitrogen and oxygen atoms in total. The van der Waals surface area contributed by atoms with Crippen molar-refractivity contribution in [3.63, 3.8) is 0 Å². The number of carbonyl (C=O) groups excluding carboxylic acids is 1. The Hall–Kier alpha value is -1.14. The van der Waals surface area contributed by atoms with E-state index in [1.54, 1.807) is 0 Å². The first-order chi connectivity index (χ1) is 7.40. The van der Waals surface area contributed by atoms with E-state index in [9.17, 15) is 4.79 Å². The van der Waals surface area contributed by atoms with E-state index in [1.807, 2.05) is 26.2 Å². The Morgan fingerprint density at radius 1 is 1.62 bits per heavy atom. The van der Waals surface area contributed by atoms with Crippen molar-refractivity contribution in [2.45, 2.75) is 39.5 Å². The minimum absolute atomic E-state index is 0.366. The van der Waals surface area contributed by atoms with Gasteiger partial charge < -0.3 is 15.8 Å². The van der Waals surface area contributed by atoms with Gasteiger partial charge in [0.25, 0.3) is 0 Å². The molecule has 1 amide bonds. The number of alkyl carbamates (subject to hydrolysis) is 1. The van der Waals surface area contributed by atoms with Crippen molar-refractivity contribution < 1.29 is 9.53 Å². The molecule has 0 spiro atoms. The van der Waals surface area contributed by atoms with Crippen LogP contribution in [0, 0.1) is 0 Å². The fourth-order valence-electron chi connectivity index (χ4n) is 1.00. The summed E-state index contributed by atoms with van der Waals surface area (Å²) in [5.74, 6) is 0. The van der Waals surface area contributed by atoms with Gasteiger partial charge in [-0.15, -0.1) is 11.3 Å². The zero-order valence-corrected chi connectivity index (χ0v) is 10.6. The second-order valence-electron chi connectivity index (χ2n) is 4.29. The fourth-order valence-corrected chi connectivity index (χ4v) is 1.68. The van der Waals surface area contributed by atoms with E-state index in [-0.39, 0.29) is 0 Å². The number of thiazole rings is 1. The molecule has 16 heavy (non-hydrogen) atoms. The third kappa shape index (κ3) is 4.59. The summed E-state index contributed by atoms with van der Waals surface area (Å²) < 4.78 is 5.09. The molecule has 0 fully saturated rings. The molecule has 1 heterocycles. The third-order valence-corrected chi connectivity index (χ3v) is 2.51. The number of nitrogens with two attached hydrogens (primary N) is 1. The average Bonchev–Trinajstić information content (AvgIpc) is 2.59. The number of carbonyl (C=O) groups is 1. The molecular weight excluding hydrogens is 226 g/mol. The molecule has 1 aromatic rings. The summed E-state index contributed by atoms with van der Waals surface area (Å²) >= 11 is 1.49. The van der Waals surface area contributed by atoms with Crippen molar-refractivity contribution in [3.8, 4) is 0 Å². The predicted molar refractivity (Wildman–Crippen MR) is 63.1 cm³/mol. The van der Waals surface area contributed by atoms with Crippen LogP contribution in [0.25, 0.3) is 0 Å². The Morgan fingerprint density at radius 3 is 2.81 bits per heavy atom. The first kappa shape index (κ1) is 12.9. The Labute approximate surface area is 99.0 Å². The Balaban J connectivity index is 2.37. The lowest BCUT2D eigenvalue weighted by Crippen LogP contribution is -2.32. The maximum atomic E-state index is 11.3. The van der Waals surface area contributed by atoms with Gasteiger partial charge in [-0.3, -0.25) is 0 Å². The normalized spacial score (nSPS) is 11.2. The second kappa shape index (κ2) is 5.27. The SMILES string of the molecule is CC(C)(C)OC(=O)NCc1csc(CN)n1. The molecule has 0 aromatic carbocycles. The molecule has 0 unspecified atom stereocenters. The molecule has 90 valence electrons. The van der Waals surface area contributed by atoms with Gasteiger partial charge in [0, 0.05) is 11.9 Å². The van der Waals surface area contributed by atoms with Crippen molar-refractivity contribution in [2.24, 2.45) is 5.73 Å². The van der Waals surface area contributed by atoms with Gasteiger partial charge >= 0.3 is 6.09 Å². The Kier molecular flexibility index (Phi) is 4.26. The highest BCUT2D eigenvalue weighted by Crippen LogP contribution is 2.09. The summed E-state index contributed by atoms with van der Waals surface area (Å²) in [7, 11) is 0. The first-order valence-electron chi connectivity index (χ1n) is 5.01. The largest absolute Gasteiger partial charge is 0.444 e. The van der Waals surface area contributed by atoms with E-state index in [4.69, 9.17) is 10.5 Å². The maximum Gasteiger partial charge on any atom is 0.407 e. The molecule has 0 aliphatic rings. The van der Waals surface area contributed by atoms with Gasteiger partial charge in [0.2, 0.25) is 0 Å². The molecule has 0 aliphatic carbocycles. The van der Waals surface area contributed by atoms with E-state index < -0.39 is 11.7 Å². The van der Waals surface area contributed by atoms with E-state index >= 15 is 0 Å². The first-order valence-corrected chi connectivity index (χ1v) is 5.89. The number of ether oxygens (including phenoxy) is 1. The highest BCUT2D eigenvalue weighted by molar-refractivity contribution is 7.09. The molecule has 1 aromatic heterocycles. The van der Waals surface area contributed by atoms with E-state index in [0.29, 0.717) is 13.1 Å². The van der Waals surface area contributed by atoms with Crippen LogP contribution < -0.4 is 11.1 Å². The Bertz CT molecular complexity index is 357. The molecule has 0 saturated heterocycles. The van der Waals surface area contributed by atoms with Crippen molar-refractivity contribution >= 4 is 17.4 Å². The van der Waals surface area contributed by atoms with Crippen molar-refractivity contribution in [1.82, 2.24) is 10.3 Å². The topological polar surface area (TPSA) is 77.2 Å². The summed E-state index contributed by atoms with van der Waals surface area (Å²) in [5.41, 5.74) is 5.76. The van der Waals surface area contributed by atoms with Gasteiger partial charge in [-0.25, -0.2) is 9.78 Å². The van der Waals surface area contributed by atoms with Crippen molar-refractivity contribution in [2.75, 3.05) is 0 Å². The molecule has 0 atom stereocenters. The van der Waals surface area contributed by atoms with Crippen LogP contribution in [0.15, 0.2) is 5.38 Å². The van der Waals surface area contributed by atoms with Crippen molar-refractivity contribution in [1.29, 1.82) is 0 Å². The maximum absolute atomic E-state index is 11.3. The van der Waals surface area contributed by atoms with Gasteiger partial charge in [-0.2, -0.15) is 0 Å². The summed E-state index contributed by atoms with van der Waals surface area (Å²) in [6.07, 6.45) is -0.435. The van der Waals surface area contributed by atoms with E-state index in [1.165, 1.54) is 11.3 Å². The van der Waals surface area contributed by atoms with E-state index in [2.05, 4.69) is 10.3 Å². The lowest BCUT2D eigenvalue weighted by atomic mass is 10.2. The van der Waals surface area contributed by atoms with Crippen LogP contribution in [-0.2, 0) is 17.8 Å². The standard InChI is InChI=1S/C10H17N3O2S/c1-10(2,3)15-9(14)12-5-7-6-16-8(4-11)13-7/h6H,4-5,11H2,1-3H3,(H,12,14). The number of nitrogens with zero attached hydrogens (tertiary/aromatic N) is 1. The highest BCUT2D eigenvalue weighted by Gasteiger charge is 2.15. The number of amides is 1. The average molecular weight is 243 g/mol. The smallest absolute Gasteiger partial charge is 0.407 e. The minimum atomic E-state index is -0.478. The third-order valence-electron chi connectivity index (χ3n) is 1.59. The lowest BCUT2D eigenvalue weighted by Gasteiger charge is -2.19. The monoisotopic (exact) mass is 243 g/mol. The Morgan fingerprint density at radius 2 is 2.31 bits per heavy atom. The zero-order chi connectivity index (χ0) is 12.2. The summed E-state index contributed by atoms with van der Waals surface area (Å²) in [6.45, 7) is 6.26. The van der Waals surface area contributed by atoms with Crippen LogP contribution in [-0.4, -0.2) is 16.7 Å². The molecule has 0 radical (unpaired) electrons. The second-order valence-corrected chi connectivity index (χ2v) is 5.23. The van der Waals surface area contributed by atoms with Crippen LogP contribution in [0.3, 0.4) is 0 Å². The predicted octanol–water partition coefficient (Wildman–Crippen LogP) is 1.63. The summed E-state index contributed by atoms with van der Waals surface area (Å²) in [4.78, 5) is 15.5. The molecule has 6 heteroatoms. The number of hydrogen-bond donors (Lipinski definition) is 2. The van der Waals surface area contributed by atoms with Crippen LogP contribution in [0.4, 0.5) is 4.79 Å². The van der Waals surface area contributed by atoms with Gasteiger partial charge in [0.15, 0.2) is 0 Å². The quantitative estimate of drug-likeness (QED) is 0.845. The highest BCUT2D eigenvalue weighted by atomic mass is 32.1. The number of nitrogens with one attached hydrogen (secondary N) is 1. The summed E-state index contributed by atoms with van der Waals surface area (Å²) in [6, 6.07) is 0. The van der Waals surface area contributed by atoms with Gasteiger partial charge in [0.1, 0.15) is 10.6 Å². The van der Waals surface area contributed by atoms with Crippen LogP contribution in [0.2, 0.25) is 0 Å². The molecule has 1 rings (SSSR count).